The summed E-state index contributed by atoms with van der Waals surface area (Å²) in [4.78, 5) is 40.9. The van der Waals surface area contributed by atoms with E-state index in [2.05, 4.69) is 15.7 Å². The van der Waals surface area contributed by atoms with Crippen LogP contribution < -0.4 is 10.6 Å². The van der Waals surface area contributed by atoms with Crippen LogP contribution in [0.15, 0.2) is 24.3 Å². The van der Waals surface area contributed by atoms with Crippen LogP contribution in [0.25, 0.3) is 0 Å². The number of halogens is 1. The summed E-state index contributed by atoms with van der Waals surface area (Å²) in [7, 11) is 0. The Bertz CT molecular complexity index is 1080. The van der Waals surface area contributed by atoms with Gasteiger partial charge in [0.05, 0.1) is 6.54 Å². The standard InChI is InChI=1S/C23H28ClN5O3/c1-4-28-21(31)19-12-18(20(30)26-17-11-7-10-16(24)14(17)2)27-29(19)13-23(28,3)22(32)25-15-8-5-6-9-15/h7,10-12,15H,4-6,8-9,13H2,1-3H3,(H,25,32)(H,26,30)/t23-/m0/s1. The molecule has 2 N–H and O–H groups in total. The van der Waals surface area contributed by atoms with Gasteiger partial charge in [-0.15, -0.1) is 0 Å². The number of likely N-dealkylation sites (N-methyl/N-ethyl adjacent to an activating group) is 1. The second kappa shape index (κ2) is 8.58. The van der Waals surface area contributed by atoms with Gasteiger partial charge in [0.1, 0.15) is 11.2 Å². The van der Waals surface area contributed by atoms with E-state index in [1.807, 2.05) is 13.8 Å². The summed E-state index contributed by atoms with van der Waals surface area (Å²) in [5.74, 6) is -0.931. The van der Waals surface area contributed by atoms with Gasteiger partial charge in [0.15, 0.2) is 5.69 Å². The number of rotatable bonds is 5. The Kier molecular flexibility index (Phi) is 5.99. The van der Waals surface area contributed by atoms with Crippen molar-refractivity contribution in [3.63, 3.8) is 0 Å². The van der Waals surface area contributed by atoms with Crippen molar-refractivity contribution in [2.24, 2.45) is 0 Å². The summed E-state index contributed by atoms with van der Waals surface area (Å²) in [6.45, 7) is 5.98. The second-order valence-electron chi connectivity index (χ2n) is 8.72. The number of nitrogens with zero attached hydrogens (tertiary/aromatic N) is 3. The zero-order valence-electron chi connectivity index (χ0n) is 18.6. The summed E-state index contributed by atoms with van der Waals surface area (Å²) >= 11 is 6.14. The molecule has 170 valence electrons. The fourth-order valence-corrected chi connectivity index (χ4v) is 4.76. The molecule has 1 atom stereocenters. The number of amides is 3. The molecular formula is C23H28ClN5O3. The molecule has 0 spiro atoms. The third kappa shape index (κ3) is 3.88. The number of carbonyl (C=O) groups is 3. The molecule has 2 aliphatic rings. The molecule has 2 aromatic rings. The van der Waals surface area contributed by atoms with Crippen molar-refractivity contribution in [2.45, 2.75) is 64.6 Å². The molecule has 9 heteroatoms. The van der Waals surface area contributed by atoms with Gasteiger partial charge in [0, 0.05) is 29.4 Å². The normalized spacial score (nSPS) is 20.9. The van der Waals surface area contributed by atoms with Crippen LogP contribution in [0.1, 0.15) is 66.1 Å². The molecule has 3 amide bonds. The molecule has 1 aliphatic heterocycles. The summed E-state index contributed by atoms with van der Waals surface area (Å²) in [6, 6.07) is 6.88. The van der Waals surface area contributed by atoms with Crippen LogP contribution in [0.4, 0.5) is 5.69 Å². The zero-order chi connectivity index (χ0) is 23.0. The van der Waals surface area contributed by atoms with Crippen LogP contribution in [-0.4, -0.2) is 50.5 Å². The van der Waals surface area contributed by atoms with Crippen LogP contribution in [0.3, 0.4) is 0 Å². The van der Waals surface area contributed by atoms with Crippen LogP contribution in [-0.2, 0) is 11.3 Å². The predicted molar refractivity (Wildman–Crippen MR) is 122 cm³/mol. The molecule has 2 heterocycles. The van der Waals surface area contributed by atoms with Crippen molar-refractivity contribution in [3.05, 3.63) is 46.2 Å². The van der Waals surface area contributed by atoms with E-state index in [1.54, 1.807) is 30.0 Å². The first-order valence-electron chi connectivity index (χ1n) is 11.0. The van der Waals surface area contributed by atoms with Gasteiger partial charge in [-0.05, 0) is 51.3 Å². The minimum Gasteiger partial charge on any atom is -0.351 e. The molecule has 32 heavy (non-hydrogen) atoms. The van der Waals surface area contributed by atoms with Crippen molar-refractivity contribution in [1.29, 1.82) is 0 Å². The smallest absolute Gasteiger partial charge is 0.276 e. The van der Waals surface area contributed by atoms with Crippen molar-refractivity contribution >= 4 is 35.0 Å². The highest BCUT2D eigenvalue weighted by Gasteiger charge is 2.48. The van der Waals surface area contributed by atoms with Crippen molar-refractivity contribution in [3.8, 4) is 0 Å². The maximum atomic E-state index is 13.2. The van der Waals surface area contributed by atoms with E-state index in [0.29, 0.717) is 22.9 Å². The Morgan fingerprint density at radius 1 is 1.28 bits per heavy atom. The molecule has 4 rings (SSSR count). The lowest BCUT2D eigenvalue weighted by Crippen LogP contribution is -2.64. The molecule has 1 saturated carbocycles. The molecule has 0 radical (unpaired) electrons. The van der Waals surface area contributed by atoms with Gasteiger partial charge < -0.3 is 15.5 Å². The maximum Gasteiger partial charge on any atom is 0.276 e. The van der Waals surface area contributed by atoms with Crippen LogP contribution in [0.2, 0.25) is 5.02 Å². The number of hydrogen-bond donors (Lipinski definition) is 2. The summed E-state index contributed by atoms with van der Waals surface area (Å²) in [5.41, 5.74) is 0.659. The van der Waals surface area contributed by atoms with Gasteiger partial charge in [-0.3, -0.25) is 19.1 Å². The van der Waals surface area contributed by atoms with E-state index in [4.69, 9.17) is 11.6 Å². The Hall–Kier alpha value is -2.87. The molecule has 0 unspecified atom stereocenters. The summed E-state index contributed by atoms with van der Waals surface area (Å²) in [6.07, 6.45) is 4.13. The van der Waals surface area contributed by atoms with Gasteiger partial charge in [-0.1, -0.05) is 30.5 Å². The van der Waals surface area contributed by atoms with E-state index in [1.165, 1.54) is 10.7 Å². The molecular weight excluding hydrogens is 430 g/mol. The highest BCUT2D eigenvalue weighted by molar-refractivity contribution is 6.31. The first kappa shape index (κ1) is 22.3. The van der Waals surface area contributed by atoms with Gasteiger partial charge in [0.2, 0.25) is 5.91 Å². The summed E-state index contributed by atoms with van der Waals surface area (Å²) in [5, 5.41) is 10.8. The number of nitrogens with one attached hydrogen (secondary N) is 2. The second-order valence-corrected chi connectivity index (χ2v) is 9.12. The number of aromatic nitrogens is 2. The number of fused-ring (bicyclic) bond motifs is 1. The fraction of sp³-hybridized carbons (Fsp3) is 0.478. The average molecular weight is 458 g/mol. The third-order valence-electron chi connectivity index (χ3n) is 6.54. The summed E-state index contributed by atoms with van der Waals surface area (Å²) < 4.78 is 1.47. The van der Waals surface area contributed by atoms with E-state index in [0.717, 1.165) is 31.2 Å². The van der Waals surface area contributed by atoms with E-state index >= 15 is 0 Å². The monoisotopic (exact) mass is 457 g/mol. The highest BCUT2D eigenvalue weighted by Crippen LogP contribution is 2.29. The van der Waals surface area contributed by atoms with Crippen molar-refractivity contribution in [1.82, 2.24) is 20.0 Å². The number of anilines is 1. The lowest BCUT2D eigenvalue weighted by atomic mass is 9.94. The lowest BCUT2D eigenvalue weighted by Gasteiger charge is -2.43. The van der Waals surface area contributed by atoms with Crippen molar-refractivity contribution < 1.29 is 14.4 Å². The molecule has 1 aromatic heterocycles. The molecule has 1 aromatic carbocycles. The third-order valence-corrected chi connectivity index (χ3v) is 6.95. The first-order valence-corrected chi connectivity index (χ1v) is 11.4. The molecule has 1 aliphatic carbocycles. The van der Waals surface area contributed by atoms with Gasteiger partial charge >= 0.3 is 0 Å². The highest BCUT2D eigenvalue weighted by atomic mass is 35.5. The maximum absolute atomic E-state index is 13.2. The van der Waals surface area contributed by atoms with Crippen LogP contribution in [0.5, 0.6) is 0 Å². The predicted octanol–water partition coefficient (Wildman–Crippen LogP) is 3.39. The fourth-order valence-electron chi connectivity index (χ4n) is 4.59. The SMILES string of the molecule is CCN1C(=O)c2cc(C(=O)Nc3cccc(Cl)c3C)nn2C[C@@]1(C)C(=O)NC1CCCC1. The number of benzene rings is 1. The zero-order valence-corrected chi connectivity index (χ0v) is 19.3. The Labute approximate surface area is 192 Å². The topological polar surface area (TPSA) is 96.3 Å². The van der Waals surface area contributed by atoms with E-state index < -0.39 is 11.4 Å². The largest absolute Gasteiger partial charge is 0.351 e. The van der Waals surface area contributed by atoms with Crippen molar-refractivity contribution in [2.75, 3.05) is 11.9 Å². The molecule has 0 bridgehead atoms. The Morgan fingerprint density at radius 2 is 2.00 bits per heavy atom. The van der Waals surface area contributed by atoms with Gasteiger partial charge in [0.25, 0.3) is 11.8 Å². The van der Waals surface area contributed by atoms with E-state index in [9.17, 15) is 14.4 Å². The first-order chi connectivity index (χ1) is 15.2. The van der Waals surface area contributed by atoms with Gasteiger partial charge in [-0.2, -0.15) is 5.10 Å². The Balaban J connectivity index is 1.59. The van der Waals surface area contributed by atoms with Gasteiger partial charge in [-0.25, -0.2) is 0 Å². The molecule has 0 saturated heterocycles. The number of hydrogen-bond acceptors (Lipinski definition) is 4. The quantitative estimate of drug-likeness (QED) is 0.719. The Morgan fingerprint density at radius 3 is 2.69 bits per heavy atom. The van der Waals surface area contributed by atoms with Crippen LogP contribution in [0, 0.1) is 6.92 Å². The molecule has 8 nitrogen and oxygen atoms in total. The van der Waals surface area contributed by atoms with E-state index in [-0.39, 0.29) is 30.1 Å². The average Bonchev–Trinajstić information content (AvgIpc) is 3.41. The minimum absolute atomic E-state index is 0.115. The van der Waals surface area contributed by atoms with Crippen LogP contribution >= 0.6 is 11.6 Å². The minimum atomic E-state index is -1.08. The number of carbonyl (C=O) groups excluding carboxylic acids is 3. The lowest BCUT2D eigenvalue weighted by molar-refractivity contribution is -0.133. The molecule has 1 fully saturated rings.